The van der Waals surface area contributed by atoms with Crippen LogP contribution in [0.1, 0.15) is 30.5 Å². The predicted octanol–water partition coefficient (Wildman–Crippen LogP) is 5.93. The van der Waals surface area contributed by atoms with Gasteiger partial charge in [0.2, 0.25) is 0 Å². The Labute approximate surface area is 204 Å². The Hall–Kier alpha value is -3.84. The largest absolute Gasteiger partial charge is 0.495 e. The molecule has 1 aliphatic rings. The Morgan fingerprint density at radius 1 is 1.00 bits per heavy atom. The fourth-order valence-corrected chi connectivity index (χ4v) is 4.62. The molecule has 1 N–H and O–H groups in total. The average molecular weight is 472 g/mol. The predicted molar refractivity (Wildman–Crippen MR) is 136 cm³/mol. The highest BCUT2D eigenvalue weighted by molar-refractivity contribution is 7.80. The van der Waals surface area contributed by atoms with Crippen LogP contribution >= 0.6 is 12.2 Å². The number of aromatic nitrogens is 1. The summed E-state index contributed by atoms with van der Waals surface area (Å²) >= 11 is 5.80. The molecule has 0 saturated carbocycles. The van der Waals surface area contributed by atoms with Gasteiger partial charge in [-0.05, 0) is 79.8 Å². The Morgan fingerprint density at radius 2 is 1.79 bits per heavy atom. The number of ether oxygens (including phenoxy) is 2. The number of pyridine rings is 1. The molecule has 5 rings (SSSR count). The summed E-state index contributed by atoms with van der Waals surface area (Å²) in [4.78, 5) is 6.65. The summed E-state index contributed by atoms with van der Waals surface area (Å²) in [6.07, 6.45) is 1.79. The standard InChI is InChI=1S/C27H25N3O3S/c1-3-32-19-13-11-18(12-14-19)22-15-16-24(33-22)26-25(20-8-6-7-17-28-20)29-27(34)30(26)21-9-4-5-10-23(21)31-2/h4-17,25-26H,3H2,1-2H3,(H,29,34)/t25-,26+/m1/s1. The van der Waals surface area contributed by atoms with Crippen molar-refractivity contribution in [2.45, 2.75) is 19.0 Å². The number of benzene rings is 2. The van der Waals surface area contributed by atoms with E-state index in [0.29, 0.717) is 11.7 Å². The zero-order valence-electron chi connectivity index (χ0n) is 19.0. The van der Waals surface area contributed by atoms with Gasteiger partial charge in [0.25, 0.3) is 0 Å². The molecule has 1 fully saturated rings. The van der Waals surface area contributed by atoms with Crippen LogP contribution in [0.3, 0.4) is 0 Å². The van der Waals surface area contributed by atoms with Gasteiger partial charge in [-0.2, -0.15) is 0 Å². The van der Waals surface area contributed by atoms with Crippen LogP contribution in [-0.4, -0.2) is 23.8 Å². The summed E-state index contributed by atoms with van der Waals surface area (Å²) < 4.78 is 17.6. The highest BCUT2D eigenvalue weighted by atomic mass is 32.1. The van der Waals surface area contributed by atoms with Crippen LogP contribution in [0.25, 0.3) is 11.3 Å². The molecule has 1 aliphatic heterocycles. The minimum absolute atomic E-state index is 0.196. The maximum atomic E-state index is 6.43. The second-order valence-electron chi connectivity index (χ2n) is 7.83. The second kappa shape index (κ2) is 9.57. The van der Waals surface area contributed by atoms with E-state index in [9.17, 15) is 0 Å². The molecule has 4 aromatic rings. The van der Waals surface area contributed by atoms with E-state index in [2.05, 4.69) is 10.3 Å². The van der Waals surface area contributed by atoms with Crippen LogP contribution < -0.4 is 19.7 Å². The van der Waals surface area contributed by atoms with Crippen molar-refractivity contribution in [1.82, 2.24) is 10.3 Å². The quantitative estimate of drug-likeness (QED) is 0.335. The topological polar surface area (TPSA) is 59.8 Å². The first-order chi connectivity index (χ1) is 16.7. The number of rotatable bonds is 7. The van der Waals surface area contributed by atoms with Crippen molar-refractivity contribution in [1.29, 1.82) is 0 Å². The van der Waals surface area contributed by atoms with E-state index in [1.165, 1.54) is 0 Å². The van der Waals surface area contributed by atoms with E-state index in [1.54, 1.807) is 13.3 Å². The molecule has 0 unspecified atom stereocenters. The lowest BCUT2D eigenvalue weighted by molar-refractivity contribution is 0.340. The maximum Gasteiger partial charge on any atom is 0.174 e. The monoisotopic (exact) mass is 471 g/mol. The summed E-state index contributed by atoms with van der Waals surface area (Å²) in [6, 6.07) is 25.2. The van der Waals surface area contributed by atoms with E-state index in [0.717, 1.165) is 40.0 Å². The molecule has 0 amide bonds. The number of hydrogen-bond donors (Lipinski definition) is 1. The van der Waals surface area contributed by atoms with Crippen LogP contribution in [0.4, 0.5) is 5.69 Å². The van der Waals surface area contributed by atoms with Gasteiger partial charge in [0.05, 0.1) is 31.1 Å². The molecule has 0 radical (unpaired) electrons. The molecule has 7 heteroatoms. The van der Waals surface area contributed by atoms with Crippen LogP contribution in [-0.2, 0) is 0 Å². The third-order valence-corrected chi connectivity index (χ3v) is 6.13. The van der Waals surface area contributed by atoms with Crippen LogP contribution in [0.15, 0.2) is 89.5 Å². The number of furan rings is 1. The molecule has 2 atom stereocenters. The molecule has 3 heterocycles. The van der Waals surface area contributed by atoms with Gasteiger partial charge in [-0.3, -0.25) is 4.98 Å². The second-order valence-corrected chi connectivity index (χ2v) is 8.21. The number of para-hydroxylation sites is 2. The van der Waals surface area contributed by atoms with Crippen LogP contribution in [0, 0.1) is 0 Å². The van der Waals surface area contributed by atoms with Gasteiger partial charge in [0.15, 0.2) is 5.11 Å². The fourth-order valence-electron chi connectivity index (χ4n) is 4.28. The zero-order valence-corrected chi connectivity index (χ0v) is 19.8. The molecule has 0 bridgehead atoms. The molecule has 172 valence electrons. The van der Waals surface area contributed by atoms with Gasteiger partial charge in [-0.15, -0.1) is 0 Å². The van der Waals surface area contributed by atoms with Gasteiger partial charge < -0.3 is 24.1 Å². The SMILES string of the molecule is CCOc1ccc(-c2ccc([C@H]3[C@@H](c4ccccn4)NC(=S)N3c3ccccc3OC)o2)cc1. The first-order valence-corrected chi connectivity index (χ1v) is 11.6. The van der Waals surface area contributed by atoms with E-state index < -0.39 is 0 Å². The number of nitrogens with zero attached hydrogens (tertiary/aromatic N) is 2. The first kappa shape index (κ1) is 22.0. The van der Waals surface area contributed by atoms with Gasteiger partial charge in [0, 0.05) is 11.8 Å². The summed E-state index contributed by atoms with van der Waals surface area (Å²) in [6.45, 7) is 2.60. The summed E-state index contributed by atoms with van der Waals surface area (Å²) in [5.74, 6) is 3.12. The molecular formula is C27H25N3O3S. The van der Waals surface area contributed by atoms with Crippen molar-refractivity contribution < 1.29 is 13.9 Å². The summed E-state index contributed by atoms with van der Waals surface area (Å²) in [5.41, 5.74) is 2.72. The average Bonchev–Trinajstić information content (AvgIpc) is 3.50. The molecule has 1 saturated heterocycles. The number of anilines is 1. The Balaban J connectivity index is 1.57. The number of nitrogens with one attached hydrogen (secondary N) is 1. The summed E-state index contributed by atoms with van der Waals surface area (Å²) in [7, 11) is 1.66. The van der Waals surface area contributed by atoms with E-state index in [1.807, 2.05) is 90.7 Å². The smallest absolute Gasteiger partial charge is 0.174 e. The van der Waals surface area contributed by atoms with Gasteiger partial charge >= 0.3 is 0 Å². The van der Waals surface area contributed by atoms with Crippen molar-refractivity contribution in [2.24, 2.45) is 0 Å². The molecule has 0 spiro atoms. The van der Waals surface area contributed by atoms with E-state index >= 15 is 0 Å². The fraction of sp³-hybridized carbons (Fsp3) is 0.185. The van der Waals surface area contributed by atoms with Crippen LogP contribution in [0.5, 0.6) is 11.5 Å². The first-order valence-electron chi connectivity index (χ1n) is 11.2. The van der Waals surface area contributed by atoms with Crippen molar-refractivity contribution in [3.8, 4) is 22.8 Å². The van der Waals surface area contributed by atoms with Gasteiger partial charge in [-0.25, -0.2) is 0 Å². The van der Waals surface area contributed by atoms with Crippen molar-refractivity contribution >= 4 is 23.0 Å². The van der Waals surface area contributed by atoms with Gasteiger partial charge in [0.1, 0.15) is 29.1 Å². The Kier molecular flexibility index (Phi) is 6.18. The van der Waals surface area contributed by atoms with E-state index in [4.69, 9.17) is 26.1 Å². The highest BCUT2D eigenvalue weighted by Crippen LogP contribution is 2.45. The molecule has 0 aliphatic carbocycles. The molecular weight excluding hydrogens is 446 g/mol. The molecule has 2 aromatic carbocycles. The lowest BCUT2D eigenvalue weighted by Crippen LogP contribution is -2.29. The zero-order chi connectivity index (χ0) is 23.5. The number of thiocarbonyl (C=S) groups is 1. The lowest BCUT2D eigenvalue weighted by Gasteiger charge is -2.27. The summed E-state index contributed by atoms with van der Waals surface area (Å²) in [5, 5.41) is 4.04. The van der Waals surface area contributed by atoms with Crippen molar-refractivity contribution in [3.63, 3.8) is 0 Å². The lowest BCUT2D eigenvalue weighted by atomic mass is 10.0. The third kappa shape index (κ3) is 4.10. The van der Waals surface area contributed by atoms with E-state index in [-0.39, 0.29) is 12.1 Å². The molecule has 6 nitrogen and oxygen atoms in total. The number of methoxy groups -OCH3 is 1. The maximum absolute atomic E-state index is 6.43. The highest BCUT2D eigenvalue weighted by Gasteiger charge is 2.43. The molecule has 2 aromatic heterocycles. The minimum atomic E-state index is -0.254. The Bertz CT molecular complexity index is 1270. The molecule has 34 heavy (non-hydrogen) atoms. The third-order valence-electron chi connectivity index (χ3n) is 5.81. The number of hydrogen-bond acceptors (Lipinski definition) is 5. The Morgan fingerprint density at radius 3 is 2.53 bits per heavy atom. The van der Waals surface area contributed by atoms with Crippen molar-refractivity contribution in [3.05, 3.63) is 96.5 Å². The minimum Gasteiger partial charge on any atom is -0.495 e. The van der Waals surface area contributed by atoms with Gasteiger partial charge in [-0.1, -0.05) is 18.2 Å². The van der Waals surface area contributed by atoms with Crippen LogP contribution in [0.2, 0.25) is 0 Å². The van der Waals surface area contributed by atoms with Crippen molar-refractivity contribution in [2.75, 3.05) is 18.6 Å². The normalized spacial score (nSPS) is 17.5.